The molecule has 0 bridgehead atoms. The van der Waals surface area contributed by atoms with Gasteiger partial charge in [0.15, 0.2) is 5.69 Å². The minimum Gasteiger partial charge on any atom is -0.350 e. The van der Waals surface area contributed by atoms with Crippen LogP contribution in [0, 0.1) is 6.92 Å². The Balaban J connectivity index is 1.75. The zero-order valence-corrected chi connectivity index (χ0v) is 18.2. The summed E-state index contributed by atoms with van der Waals surface area (Å²) >= 11 is 1.08. The van der Waals surface area contributed by atoms with Crippen LogP contribution in [0.1, 0.15) is 33.2 Å². The van der Waals surface area contributed by atoms with Crippen molar-refractivity contribution in [1.29, 1.82) is 0 Å². The van der Waals surface area contributed by atoms with Crippen LogP contribution in [0.25, 0.3) is 0 Å². The highest BCUT2D eigenvalue weighted by molar-refractivity contribution is 7.03. The second-order valence-corrected chi connectivity index (χ2v) is 7.80. The zero-order valence-electron chi connectivity index (χ0n) is 17.4. The molecule has 2 heterocycles. The molecule has 0 spiro atoms. The number of aryl methyl sites for hydroxylation is 1. The smallest absolute Gasteiger partial charge is 0.280 e. The summed E-state index contributed by atoms with van der Waals surface area (Å²) in [4.78, 5) is 32.6. The fourth-order valence-corrected chi connectivity index (χ4v) is 3.74. The second-order valence-electron chi connectivity index (χ2n) is 7.19. The summed E-state index contributed by atoms with van der Waals surface area (Å²) in [6.07, 6.45) is 3.23. The number of aromatic nitrogens is 3. The molecular formula is C24H21N5O2S. The van der Waals surface area contributed by atoms with Crippen molar-refractivity contribution >= 4 is 29.0 Å². The van der Waals surface area contributed by atoms with Gasteiger partial charge in [-0.3, -0.25) is 19.5 Å². The molecule has 0 aliphatic rings. The van der Waals surface area contributed by atoms with Crippen molar-refractivity contribution in [3.05, 3.63) is 107 Å². The van der Waals surface area contributed by atoms with Crippen LogP contribution in [0.3, 0.4) is 0 Å². The molecule has 0 radical (unpaired) electrons. The summed E-state index contributed by atoms with van der Waals surface area (Å²) in [5.41, 5.74) is 3.36. The molecule has 8 heteroatoms. The number of nitrogens with zero attached hydrogens (tertiary/aromatic N) is 4. The minimum atomic E-state index is -0.940. The van der Waals surface area contributed by atoms with Crippen LogP contribution in [-0.2, 0) is 11.3 Å². The van der Waals surface area contributed by atoms with Gasteiger partial charge in [-0.25, -0.2) is 0 Å². The van der Waals surface area contributed by atoms with Gasteiger partial charge in [-0.05, 0) is 42.2 Å². The third kappa shape index (κ3) is 4.87. The first-order valence-electron chi connectivity index (χ1n) is 10.0. The van der Waals surface area contributed by atoms with E-state index >= 15 is 0 Å². The van der Waals surface area contributed by atoms with E-state index in [2.05, 4.69) is 19.9 Å². The van der Waals surface area contributed by atoms with Crippen molar-refractivity contribution in [1.82, 2.24) is 19.9 Å². The molecule has 0 aliphatic heterocycles. The number of benzene rings is 2. The normalized spacial score (nSPS) is 11.5. The lowest BCUT2D eigenvalue weighted by molar-refractivity contribution is -0.122. The molecule has 1 N–H and O–H groups in total. The van der Waals surface area contributed by atoms with Gasteiger partial charge in [0.25, 0.3) is 5.91 Å². The lowest BCUT2D eigenvalue weighted by Gasteiger charge is -2.30. The van der Waals surface area contributed by atoms with Gasteiger partial charge in [-0.2, -0.15) is 0 Å². The Hall–Kier alpha value is -3.91. The summed E-state index contributed by atoms with van der Waals surface area (Å²) < 4.78 is 3.82. The molecule has 0 unspecified atom stereocenters. The Kier molecular flexibility index (Phi) is 6.62. The lowest BCUT2D eigenvalue weighted by atomic mass is 10.0. The van der Waals surface area contributed by atoms with E-state index in [1.54, 1.807) is 29.9 Å². The number of carbonyl (C=O) groups is 2. The van der Waals surface area contributed by atoms with E-state index in [4.69, 9.17) is 0 Å². The van der Waals surface area contributed by atoms with Gasteiger partial charge in [0, 0.05) is 35.6 Å². The predicted octanol–water partition coefficient (Wildman–Crippen LogP) is 3.95. The third-order valence-electron chi connectivity index (χ3n) is 4.93. The number of nitrogens with one attached hydrogen (secondary N) is 1. The Morgan fingerprint density at radius 3 is 2.47 bits per heavy atom. The largest absolute Gasteiger partial charge is 0.350 e. The molecule has 2 amide bonds. The standard InChI is InChI=1S/C24H21N5O2S/c1-17-9-11-20(12-10-17)29(24(31)21-16-32-28-27-21)22(19-8-5-13-25-15-19)23(30)26-14-18-6-3-2-4-7-18/h2-13,15-16,22H,14H2,1H3,(H,26,30)/t22-/m0/s1. The van der Waals surface area contributed by atoms with Gasteiger partial charge in [-0.15, -0.1) is 5.10 Å². The number of rotatable bonds is 7. The Morgan fingerprint density at radius 2 is 1.81 bits per heavy atom. The first-order chi connectivity index (χ1) is 15.6. The van der Waals surface area contributed by atoms with E-state index < -0.39 is 11.9 Å². The van der Waals surface area contributed by atoms with Crippen LogP contribution in [0.15, 0.2) is 84.5 Å². The summed E-state index contributed by atoms with van der Waals surface area (Å²) in [5, 5.41) is 8.48. The fourth-order valence-electron chi connectivity index (χ4n) is 3.31. The maximum Gasteiger partial charge on any atom is 0.280 e. The van der Waals surface area contributed by atoms with Gasteiger partial charge in [0.05, 0.1) is 0 Å². The summed E-state index contributed by atoms with van der Waals surface area (Å²) in [6, 6.07) is 19.6. The van der Waals surface area contributed by atoms with E-state index in [1.165, 1.54) is 4.90 Å². The molecule has 0 saturated carbocycles. The summed E-state index contributed by atoms with van der Waals surface area (Å²) in [7, 11) is 0. The van der Waals surface area contributed by atoms with Crippen molar-refractivity contribution in [2.75, 3.05) is 4.90 Å². The number of carbonyl (C=O) groups excluding carboxylic acids is 2. The van der Waals surface area contributed by atoms with Crippen LogP contribution in [0.5, 0.6) is 0 Å². The highest BCUT2D eigenvalue weighted by Gasteiger charge is 2.34. The number of pyridine rings is 1. The van der Waals surface area contributed by atoms with Gasteiger partial charge in [0.1, 0.15) is 6.04 Å². The minimum absolute atomic E-state index is 0.181. The molecule has 0 fully saturated rings. The average molecular weight is 444 g/mol. The fraction of sp³-hybridized carbons (Fsp3) is 0.125. The monoisotopic (exact) mass is 443 g/mol. The van der Waals surface area contributed by atoms with E-state index in [-0.39, 0.29) is 11.6 Å². The maximum atomic E-state index is 13.5. The molecule has 4 aromatic rings. The van der Waals surface area contributed by atoms with Gasteiger partial charge in [-0.1, -0.05) is 58.6 Å². The van der Waals surface area contributed by atoms with Gasteiger partial charge >= 0.3 is 0 Å². The van der Waals surface area contributed by atoms with E-state index in [1.807, 2.05) is 61.5 Å². The van der Waals surface area contributed by atoms with Crippen LogP contribution < -0.4 is 10.2 Å². The van der Waals surface area contributed by atoms with E-state index in [0.717, 1.165) is 22.7 Å². The quantitative estimate of drug-likeness (QED) is 0.467. The van der Waals surface area contributed by atoms with Crippen molar-refractivity contribution in [2.24, 2.45) is 0 Å². The predicted molar refractivity (Wildman–Crippen MR) is 123 cm³/mol. The topological polar surface area (TPSA) is 88.1 Å². The molecule has 32 heavy (non-hydrogen) atoms. The Bertz CT molecular complexity index is 1170. The number of amides is 2. The first kappa shape index (κ1) is 21.3. The number of anilines is 1. The molecular weight excluding hydrogens is 422 g/mol. The van der Waals surface area contributed by atoms with Crippen molar-refractivity contribution in [2.45, 2.75) is 19.5 Å². The Morgan fingerprint density at radius 1 is 1.03 bits per heavy atom. The molecule has 0 saturated heterocycles. The summed E-state index contributed by atoms with van der Waals surface area (Å²) in [6.45, 7) is 2.30. The molecule has 7 nitrogen and oxygen atoms in total. The van der Waals surface area contributed by atoms with Crippen LogP contribution in [0.4, 0.5) is 5.69 Å². The second kappa shape index (κ2) is 9.93. The van der Waals surface area contributed by atoms with E-state index in [9.17, 15) is 9.59 Å². The van der Waals surface area contributed by atoms with E-state index in [0.29, 0.717) is 17.8 Å². The van der Waals surface area contributed by atoms with Crippen LogP contribution in [-0.4, -0.2) is 26.4 Å². The van der Waals surface area contributed by atoms with Gasteiger partial charge in [0.2, 0.25) is 5.91 Å². The first-order valence-corrected chi connectivity index (χ1v) is 10.9. The van der Waals surface area contributed by atoms with Crippen LogP contribution in [0.2, 0.25) is 0 Å². The van der Waals surface area contributed by atoms with Crippen molar-refractivity contribution < 1.29 is 9.59 Å². The number of hydrogen-bond acceptors (Lipinski definition) is 6. The highest BCUT2D eigenvalue weighted by Crippen LogP contribution is 2.29. The molecule has 2 aromatic carbocycles. The molecule has 2 aromatic heterocycles. The maximum absolute atomic E-state index is 13.5. The average Bonchev–Trinajstić information content (AvgIpc) is 3.38. The molecule has 160 valence electrons. The van der Waals surface area contributed by atoms with Crippen molar-refractivity contribution in [3.8, 4) is 0 Å². The van der Waals surface area contributed by atoms with Gasteiger partial charge < -0.3 is 5.32 Å². The van der Waals surface area contributed by atoms with Crippen molar-refractivity contribution in [3.63, 3.8) is 0 Å². The molecule has 4 rings (SSSR count). The van der Waals surface area contributed by atoms with Crippen LogP contribution >= 0.6 is 11.5 Å². The zero-order chi connectivity index (χ0) is 22.3. The molecule has 1 atom stereocenters. The molecule has 0 aliphatic carbocycles. The SMILES string of the molecule is Cc1ccc(N(C(=O)c2csnn2)[C@H](C(=O)NCc2ccccc2)c2cccnc2)cc1. The third-order valence-corrected chi connectivity index (χ3v) is 5.43. The Labute approximate surface area is 189 Å². The highest BCUT2D eigenvalue weighted by atomic mass is 32.1. The summed E-state index contributed by atoms with van der Waals surface area (Å²) in [5.74, 6) is -0.731. The lowest BCUT2D eigenvalue weighted by Crippen LogP contribution is -2.44. The number of hydrogen-bond donors (Lipinski definition) is 1.